The maximum atomic E-state index is 12.9. The number of pyridine rings is 1. The number of likely N-dealkylation sites (tertiary alicyclic amines) is 1. The molecule has 2 unspecified atom stereocenters. The maximum Gasteiger partial charge on any atom is 0.410 e. The average molecular weight is 550 g/mol. The summed E-state index contributed by atoms with van der Waals surface area (Å²) in [6.45, 7) is 15.7. The molecule has 2 aromatic rings. The van der Waals surface area contributed by atoms with Gasteiger partial charge in [0.1, 0.15) is 11.4 Å². The van der Waals surface area contributed by atoms with Crippen LogP contribution in [-0.4, -0.2) is 65.5 Å². The fourth-order valence-electron chi connectivity index (χ4n) is 5.55. The number of esters is 1. The lowest BCUT2D eigenvalue weighted by atomic mass is 9.91. The Bertz CT molecular complexity index is 1270. The Kier molecular flexibility index (Phi) is 8.71. The maximum absolute atomic E-state index is 12.9. The first kappa shape index (κ1) is 29.4. The van der Waals surface area contributed by atoms with Crippen molar-refractivity contribution in [2.24, 2.45) is 11.8 Å². The van der Waals surface area contributed by atoms with Gasteiger partial charge in [0.25, 0.3) is 0 Å². The zero-order valence-corrected chi connectivity index (χ0v) is 24.8. The molecule has 216 valence electrons. The summed E-state index contributed by atoms with van der Waals surface area (Å²) in [7, 11) is 0. The van der Waals surface area contributed by atoms with Gasteiger partial charge in [-0.25, -0.2) is 14.6 Å². The lowest BCUT2D eigenvalue weighted by molar-refractivity contribution is 0.0194. The third kappa shape index (κ3) is 6.57. The van der Waals surface area contributed by atoms with E-state index in [1.807, 2.05) is 70.7 Å². The minimum atomic E-state index is -0.538. The molecule has 3 heterocycles. The molecule has 1 aromatic heterocycles. The van der Waals surface area contributed by atoms with Gasteiger partial charge in [-0.1, -0.05) is 26.0 Å². The van der Waals surface area contributed by atoms with Crippen molar-refractivity contribution in [2.45, 2.75) is 73.0 Å². The van der Waals surface area contributed by atoms with Crippen molar-refractivity contribution >= 4 is 35.0 Å². The van der Waals surface area contributed by atoms with E-state index in [1.54, 1.807) is 13.0 Å². The van der Waals surface area contributed by atoms with E-state index in [0.717, 1.165) is 29.8 Å². The number of ether oxygens (including phenoxy) is 2. The van der Waals surface area contributed by atoms with Crippen molar-refractivity contribution < 1.29 is 19.1 Å². The second kappa shape index (κ2) is 11.9. The van der Waals surface area contributed by atoms with Crippen LogP contribution in [0.1, 0.15) is 76.0 Å². The number of hydrogen-bond acceptors (Lipinski definition) is 8. The van der Waals surface area contributed by atoms with Crippen molar-refractivity contribution in [3.8, 4) is 0 Å². The highest BCUT2D eigenvalue weighted by Crippen LogP contribution is 2.38. The topological polar surface area (TPSA) is 108 Å². The molecule has 4 rings (SSSR count). The molecule has 40 heavy (non-hydrogen) atoms. The minimum absolute atomic E-state index is 0.0567. The largest absolute Gasteiger partial charge is 0.461 e. The summed E-state index contributed by atoms with van der Waals surface area (Å²) in [5.41, 5.74) is 3.51. The van der Waals surface area contributed by atoms with Crippen LogP contribution in [0.4, 0.5) is 22.0 Å². The van der Waals surface area contributed by atoms with Crippen LogP contribution >= 0.6 is 0 Å². The summed E-state index contributed by atoms with van der Waals surface area (Å²) < 4.78 is 11.0. The number of carbonyl (C=O) groups is 2. The Hall–Kier alpha value is -3.62. The molecule has 0 radical (unpaired) electrons. The zero-order valence-electron chi connectivity index (χ0n) is 24.8. The van der Waals surface area contributed by atoms with Crippen LogP contribution in [0.25, 0.3) is 0 Å². The van der Waals surface area contributed by atoms with E-state index in [2.05, 4.69) is 15.2 Å². The lowest BCUT2D eigenvalue weighted by Crippen LogP contribution is -2.49. The van der Waals surface area contributed by atoms with Gasteiger partial charge in [-0.05, 0) is 83.1 Å². The van der Waals surface area contributed by atoms with E-state index in [-0.39, 0.29) is 36.3 Å². The van der Waals surface area contributed by atoms with Crippen LogP contribution in [0.5, 0.6) is 0 Å². The zero-order chi connectivity index (χ0) is 29.2. The fraction of sp³-hybridized carbons (Fsp3) is 0.548. The first-order valence-electron chi connectivity index (χ1n) is 14.3. The number of fused-ring (bicyclic) bond motifs is 1. The summed E-state index contributed by atoms with van der Waals surface area (Å²) in [4.78, 5) is 34.6. The van der Waals surface area contributed by atoms with Gasteiger partial charge < -0.3 is 30.0 Å². The minimum Gasteiger partial charge on any atom is -0.461 e. The standard InChI is InChI=1S/C31H43N5O4/c1-8-39-29(37)23-17-25(26(27(32)19(2)3)28(34-23)33-22-11-9-10-20(4)16-22)35-14-13-24-21(18-35)12-15-36(24)30(38)40-31(5,6)7/h9-11,16-17,19,21,24,32H,8,12-15,18H2,1-7H3,(H,33,34). The van der Waals surface area contributed by atoms with Gasteiger partial charge in [0.2, 0.25) is 0 Å². The molecule has 9 heteroatoms. The van der Waals surface area contributed by atoms with Gasteiger partial charge in [0.15, 0.2) is 5.69 Å². The summed E-state index contributed by atoms with van der Waals surface area (Å²) in [6.07, 6.45) is 1.39. The van der Waals surface area contributed by atoms with Gasteiger partial charge in [-0.3, -0.25) is 0 Å². The molecule has 2 saturated heterocycles. The Morgan fingerprint density at radius 1 is 1.18 bits per heavy atom. The van der Waals surface area contributed by atoms with Crippen LogP contribution in [0, 0.1) is 24.2 Å². The summed E-state index contributed by atoms with van der Waals surface area (Å²) in [5, 5.41) is 12.5. The molecule has 2 aliphatic rings. The number of nitrogens with one attached hydrogen (secondary N) is 2. The van der Waals surface area contributed by atoms with Crippen molar-refractivity contribution in [3.63, 3.8) is 0 Å². The highest BCUT2D eigenvalue weighted by molar-refractivity contribution is 6.09. The van der Waals surface area contributed by atoms with Gasteiger partial charge in [0.05, 0.1) is 17.9 Å². The van der Waals surface area contributed by atoms with Crippen LogP contribution in [-0.2, 0) is 9.47 Å². The van der Waals surface area contributed by atoms with Gasteiger partial charge in [-0.15, -0.1) is 0 Å². The van der Waals surface area contributed by atoms with Crippen LogP contribution in [0.3, 0.4) is 0 Å². The average Bonchev–Trinajstić information content (AvgIpc) is 3.30. The molecule has 0 aliphatic carbocycles. The number of rotatable bonds is 7. The number of hydrogen-bond donors (Lipinski definition) is 2. The number of anilines is 3. The van der Waals surface area contributed by atoms with E-state index >= 15 is 0 Å². The summed E-state index contributed by atoms with van der Waals surface area (Å²) in [5.74, 6) is 0.174. The van der Waals surface area contributed by atoms with Gasteiger partial charge in [0, 0.05) is 37.1 Å². The second-order valence-corrected chi connectivity index (χ2v) is 12.1. The molecule has 1 amide bonds. The van der Waals surface area contributed by atoms with Gasteiger partial charge in [-0.2, -0.15) is 0 Å². The Balaban J connectivity index is 1.72. The molecule has 2 fully saturated rings. The number of amides is 1. The SMILES string of the molecule is CCOC(=O)c1cc(N2CCC3C(CCN3C(=O)OC(C)(C)C)C2)c(C(=N)C(C)C)c(Nc2cccc(C)c2)n1. The molecule has 1 aromatic carbocycles. The number of aromatic nitrogens is 1. The van der Waals surface area contributed by atoms with E-state index in [4.69, 9.17) is 14.9 Å². The first-order valence-corrected chi connectivity index (χ1v) is 14.3. The molecule has 2 atom stereocenters. The Morgan fingerprint density at radius 3 is 2.58 bits per heavy atom. The molecule has 0 bridgehead atoms. The first-order chi connectivity index (χ1) is 18.9. The lowest BCUT2D eigenvalue weighted by Gasteiger charge is -2.40. The fourth-order valence-corrected chi connectivity index (χ4v) is 5.55. The van der Waals surface area contributed by atoms with Crippen molar-refractivity contribution in [2.75, 3.05) is 36.5 Å². The highest BCUT2D eigenvalue weighted by atomic mass is 16.6. The van der Waals surface area contributed by atoms with Crippen LogP contribution < -0.4 is 10.2 Å². The third-order valence-corrected chi connectivity index (χ3v) is 7.41. The molecule has 0 spiro atoms. The predicted molar refractivity (Wildman–Crippen MR) is 158 cm³/mol. The molecule has 9 nitrogen and oxygen atoms in total. The molecule has 2 aliphatic heterocycles. The summed E-state index contributed by atoms with van der Waals surface area (Å²) in [6, 6.07) is 9.81. The molecule has 2 N–H and O–H groups in total. The van der Waals surface area contributed by atoms with E-state index < -0.39 is 11.6 Å². The van der Waals surface area contributed by atoms with Crippen molar-refractivity contribution in [1.29, 1.82) is 5.41 Å². The predicted octanol–water partition coefficient (Wildman–Crippen LogP) is 6.17. The number of nitrogens with zero attached hydrogens (tertiary/aromatic N) is 3. The second-order valence-electron chi connectivity index (χ2n) is 12.1. The Labute approximate surface area is 237 Å². The summed E-state index contributed by atoms with van der Waals surface area (Å²) >= 11 is 0. The highest BCUT2D eigenvalue weighted by Gasteiger charge is 2.42. The normalized spacial score (nSPS) is 18.9. The van der Waals surface area contributed by atoms with Crippen molar-refractivity contribution in [1.82, 2.24) is 9.88 Å². The van der Waals surface area contributed by atoms with Crippen LogP contribution in [0.2, 0.25) is 0 Å². The number of carbonyl (C=O) groups excluding carboxylic acids is 2. The van der Waals surface area contributed by atoms with Crippen LogP contribution in [0.15, 0.2) is 30.3 Å². The number of piperidine rings is 1. The quantitative estimate of drug-likeness (QED) is 0.314. The van der Waals surface area contributed by atoms with E-state index in [0.29, 0.717) is 36.7 Å². The third-order valence-electron chi connectivity index (χ3n) is 7.41. The molecular formula is C31H43N5O4. The van der Waals surface area contributed by atoms with Gasteiger partial charge >= 0.3 is 12.1 Å². The smallest absolute Gasteiger partial charge is 0.410 e. The molecule has 0 saturated carbocycles. The molecular weight excluding hydrogens is 506 g/mol. The van der Waals surface area contributed by atoms with E-state index in [9.17, 15) is 9.59 Å². The van der Waals surface area contributed by atoms with E-state index in [1.165, 1.54) is 0 Å². The monoisotopic (exact) mass is 549 g/mol. The number of aryl methyl sites for hydroxylation is 1. The number of benzene rings is 1. The van der Waals surface area contributed by atoms with Crippen molar-refractivity contribution in [3.05, 3.63) is 47.2 Å². The Morgan fingerprint density at radius 2 is 1.93 bits per heavy atom.